The molecule has 2 N–H and O–H groups in total. The van der Waals surface area contributed by atoms with E-state index < -0.39 is 26.5 Å². The molecule has 0 radical (unpaired) electrons. The van der Waals surface area contributed by atoms with Crippen LogP contribution in [0, 0.1) is 11.7 Å². The predicted octanol–water partition coefficient (Wildman–Crippen LogP) is 5.68. The highest BCUT2D eigenvalue weighted by Crippen LogP contribution is 2.50. The third-order valence-electron chi connectivity index (χ3n) is 8.20. The molecule has 0 aromatic heterocycles. The Balaban J connectivity index is 1.43. The molecule has 5 rings (SSSR count). The van der Waals surface area contributed by atoms with Crippen molar-refractivity contribution in [2.45, 2.75) is 75.0 Å². The average Bonchev–Trinajstić information content (AvgIpc) is 3.52. The number of aryl methyl sites for hydroxylation is 1. The van der Waals surface area contributed by atoms with E-state index in [4.69, 9.17) is 24.7 Å². The summed E-state index contributed by atoms with van der Waals surface area (Å²) in [5, 5.41) is 0. The van der Waals surface area contributed by atoms with Gasteiger partial charge in [-0.3, -0.25) is 0 Å². The lowest BCUT2D eigenvalue weighted by Crippen LogP contribution is -2.62. The van der Waals surface area contributed by atoms with Gasteiger partial charge in [0.1, 0.15) is 17.3 Å². The van der Waals surface area contributed by atoms with Gasteiger partial charge in [-0.2, -0.15) is 0 Å². The van der Waals surface area contributed by atoms with Gasteiger partial charge in [-0.15, -0.1) is 0 Å². The van der Waals surface area contributed by atoms with Crippen molar-refractivity contribution in [2.24, 2.45) is 11.7 Å². The van der Waals surface area contributed by atoms with Crippen LogP contribution in [0.3, 0.4) is 0 Å². The number of fused-ring (bicyclic) bond motifs is 1. The molecule has 1 fully saturated rings. The minimum Gasteiger partial charge on any atom is -0.494 e. The number of nitrogens with zero attached hydrogens (tertiary/aromatic N) is 1. The average molecular weight is 613 g/mol. The first-order valence-corrected chi connectivity index (χ1v) is 16.2. The number of ether oxygens (including phenoxy) is 4. The molecule has 43 heavy (non-hydrogen) atoms. The first-order chi connectivity index (χ1) is 20.5. The quantitative estimate of drug-likeness (QED) is 0.261. The zero-order chi connectivity index (χ0) is 30.8. The minimum atomic E-state index is -4.07. The molecule has 3 aromatic carbocycles. The van der Waals surface area contributed by atoms with Crippen molar-refractivity contribution in [2.75, 3.05) is 20.1 Å². The van der Waals surface area contributed by atoms with Gasteiger partial charge >= 0.3 is 0 Å². The highest BCUT2D eigenvalue weighted by atomic mass is 32.2. The van der Waals surface area contributed by atoms with Gasteiger partial charge in [0, 0.05) is 19.2 Å². The largest absolute Gasteiger partial charge is 0.494 e. The molecule has 2 aliphatic heterocycles. The molecule has 0 aliphatic carbocycles. The highest BCUT2D eigenvalue weighted by Gasteiger charge is 2.65. The fourth-order valence-corrected chi connectivity index (χ4v) is 8.50. The molecule has 3 aromatic rings. The fourth-order valence-electron chi connectivity index (χ4n) is 6.15. The Morgan fingerprint density at radius 1 is 1.00 bits per heavy atom. The molecule has 2 atom stereocenters. The van der Waals surface area contributed by atoms with Crippen molar-refractivity contribution >= 4 is 9.84 Å². The van der Waals surface area contributed by atoms with E-state index in [1.54, 1.807) is 29.2 Å². The number of sulfone groups is 1. The van der Waals surface area contributed by atoms with Crippen molar-refractivity contribution in [1.82, 2.24) is 4.90 Å². The number of benzene rings is 3. The van der Waals surface area contributed by atoms with Crippen LogP contribution in [0.15, 0.2) is 71.6 Å². The number of rotatable bonds is 12. The molecule has 8 nitrogen and oxygen atoms in total. The van der Waals surface area contributed by atoms with Gasteiger partial charge in [0.05, 0.1) is 17.6 Å². The summed E-state index contributed by atoms with van der Waals surface area (Å²) in [6.45, 7) is 8.38. The van der Waals surface area contributed by atoms with Crippen LogP contribution in [0.25, 0.3) is 0 Å². The van der Waals surface area contributed by atoms with Crippen LogP contribution in [0.4, 0.5) is 4.39 Å². The number of hydrogen-bond donors (Lipinski definition) is 1. The molecular formula is C33H41FN2O6S. The van der Waals surface area contributed by atoms with Crippen molar-refractivity contribution in [3.63, 3.8) is 0 Å². The van der Waals surface area contributed by atoms with Crippen LogP contribution in [-0.2, 0) is 27.4 Å². The molecule has 2 aliphatic rings. The first-order valence-electron chi connectivity index (χ1n) is 14.7. The van der Waals surface area contributed by atoms with Gasteiger partial charge in [-0.05, 0) is 86.6 Å². The Morgan fingerprint density at radius 3 is 2.35 bits per heavy atom. The van der Waals surface area contributed by atoms with Crippen molar-refractivity contribution in [3.8, 4) is 17.2 Å². The van der Waals surface area contributed by atoms with Crippen LogP contribution >= 0.6 is 0 Å². The summed E-state index contributed by atoms with van der Waals surface area (Å²) >= 11 is 0. The van der Waals surface area contributed by atoms with Gasteiger partial charge in [-0.25, -0.2) is 17.7 Å². The zero-order valence-electron chi connectivity index (χ0n) is 25.2. The van der Waals surface area contributed by atoms with E-state index in [1.165, 1.54) is 18.2 Å². The van der Waals surface area contributed by atoms with E-state index in [9.17, 15) is 12.8 Å². The van der Waals surface area contributed by atoms with Gasteiger partial charge in [0.15, 0.2) is 16.4 Å². The van der Waals surface area contributed by atoms with Crippen LogP contribution in [0.5, 0.6) is 17.2 Å². The second-order valence-electron chi connectivity index (χ2n) is 12.1. The standard InChI is InChI=1S/C33H41FN2O6S/c1-23(2)18-31-33(36(21-35)32(3,4)42-31,43(37,38)28-15-16-29-30(19-28)41-22-40-29)20-25-9-13-27(14-10-25)39-17-5-6-24-7-11-26(34)12-8-24/h7-16,19,23,31H,5-6,17-18,20-22,35H2,1-4H3/t31-,33+/m1/s1. The van der Waals surface area contributed by atoms with Gasteiger partial charge in [0.2, 0.25) is 16.6 Å². The van der Waals surface area contributed by atoms with E-state index in [0.29, 0.717) is 30.3 Å². The summed E-state index contributed by atoms with van der Waals surface area (Å²) in [7, 11) is -4.07. The zero-order valence-corrected chi connectivity index (χ0v) is 26.0. The minimum absolute atomic E-state index is 0.0133. The summed E-state index contributed by atoms with van der Waals surface area (Å²) in [5.74, 6) is 1.53. The van der Waals surface area contributed by atoms with E-state index in [1.807, 2.05) is 38.1 Å². The van der Waals surface area contributed by atoms with Gasteiger partial charge in [-0.1, -0.05) is 38.1 Å². The molecule has 0 amide bonds. The molecule has 10 heteroatoms. The summed E-state index contributed by atoms with van der Waals surface area (Å²) in [4.78, 5) is 0.430. The number of halogens is 1. The third-order valence-corrected chi connectivity index (χ3v) is 10.6. The molecule has 0 bridgehead atoms. The van der Waals surface area contributed by atoms with Crippen LogP contribution < -0.4 is 19.9 Å². The predicted molar refractivity (Wildman–Crippen MR) is 162 cm³/mol. The number of nitrogens with two attached hydrogens (primary N) is 1. The maximum Gasteiger partial charge on any atom is 0.231 e. The van der Waals surface area contributed by atoms with Crippen LogP contribution in [0.2, 0.25) is 0 Å². The topological polar surface area (TPSA) is 100 Å². The molecular weight excluding hydrogens is 571 g/mol. The Bertz CT molecular complexity index is 1510. The number of hydrogen-bond acceptors (Lipinski definition) is 8. The second kappa shape index (κ2) is 12.4. The SMILES string of the molecule is CC(C)C[C@H]1OC(C)(C)N(CN)[C@@]1(Cc1ccc(OCCCc2ccc(F)cc2)cc1)S(=O)(=O)c1ccc2c(c1)OCO2. The maximum absolute atomic E-state index is 14.9. The van der Waals surface area contributed by atoms with E-state index in [0.717, 1.165) is 24.0 Å². The van der Waals surface area contributed by atoms with Crippen molar-refractivity contribution < 1.29 is 31.8 Å². The summed E-state index contributed by atoms with van der Waals surface area (Å²) < 4.78 is 66.4. The molecule has 2 heterocycles. The fraction of sp³-hybridized carbons (Fsp3) is 0.455. The lowest BCUT2D eigenvalue weighted by molar-refractivity contribution is -0.0786. The summed E-state index contributed by atoms with van der Waals surface area (Å²) in [6.07, 6.45) is 1.59. The molecule has 232 valence electrons. The van der Waals surface area contributed by atoms with Gasteiger partial charge in [0.25, 0.3) is 0 Å². The third kappa shape index (κ3) is 6.24. The molecule has 0 spiro atoms. The Hall–Kier alpha value is -3.18. The first kappa shape index (κ1) is 31.3. The molecule has 0 unspecified atom stereocenters. The lowest BCUT2D eigenvalue weighted by Gasteiger charge is -2.42. The van der Waals surface area contributed by atoms with Crippen LogP contribution in [-0.4, -0.2) is 50.1 Å². The highest BCUT2D eigenvalue weighted by molar-refractivity contribution is 7.92. The molecule has 1 saturated heterocycles. The van der Waals surface area contributed by atoms with E-state index in [-0.39, 0.29) is 36.5 Å². The van der Waals surface area contributed by atoms with E-state index >= 15 is 0 Å². The monoisotopic (exact) mass is 612 g/mol. The Morgan fingerprint density at radius 2 is 1.67 bits per heavy atom. The maximum atomic E-state index is 14.9. The van der Waals surface area contributed by atoms with E-state index in [2.05, 4.69) is 13.8 Å². The smallest absolute Gasteiger partial charge is 0.231 e. The summed E-state index contributed by atoms with van der Waals surface area (Å²) in [5.41, 5.74) is 7.28. The normalized spacial score (nSPS) is 21.4. The summed E-state index contributed by atoms with van der Waals surface area (Å²) in [6, 6.07) is 18.7. The Kier molecular flexibility index (Phi) is 9.04. The van der Waals surface area contributed by atoms with Crippen molar-refractivity contribution in [3.05, 3.63) is 83.7 Å². The molecule has 0 saturated carbocycles. The second-order valence-corrected chi connectivity index (χ2v) is 14.2. The Labute approximate surface area is 253 Å². The lowest BCUT2D eigenvalue weighted by atomic mass is 9.93. The van der Waals surface area contributed by atoms with Crippen molar-refractivity contribution in [1.29, 1.82) is 0 Å². The van der Waals surface area contributed by atoms with Gasteiger partial charge < -0.3 is 24.7 Å². The van der Waals surface area contributed by atoms with Crippen LogP contribution in [0.1, 0.15) is 51.7 Å².